The van der Waals surface area contributed by atoms with Crippen LogP contribution in [-0.4, -0.2) is 6.29 Å². The zero-order valence-electron chi connectivity index (χ0n) is 13.0. The molecule has 0 aliphatic heterocycles. The van der Waals surface area contributed by atoms with Gasteiger partial charge < -0.3 is 0 Å². The van der Waals surface area contributed by atoms with Crippen LogP contribution in [0.2, 0.25) is 0 Å². The number of hydrogen-bond donors (Lipinski definition) is 0. The topological polar surface area (TPSA) is 17.1 Å². The van der Waals surface area contributed by atoms with Crippen molar-refractivity contribution in [1.82, 2.24) is 0 Å². The summed E-state index contributed by atoms with van der Waals surface area (Å²) in [5.41, 5.74) is 0.755. The Kier molecular flexibility index (Phi) is 2.71. The normalized spacial score (nSPS) is 11.5. The van der Waals surface area contributed by atoms with E-state index in [0.29, 0.717) is 0 Å². The van der Waals surface area contributed by atoms with Crippen LogP contribution in [-0.2, 0) is 0 Å². The largest absolute Gasteiger partial charge is 0.298 e. The third kappa shape index (κ3) is 1.67. The van der Waals surface area contributed by atoms with Crippen LogP contribution in [0.5, 0.6) is 0 Å². The van der Waals surface area contributed by atoms with E-state index >= 15 is 0 Å². The van der Waals surface area contributed by atoms with E-state index in [-0.39, 0.29) is 0 Å². The fourth-order valence-electron chi connectivity index (χ4n) is 3.90. The Hall–Kier alpha value is -3.19. The van der Waals surface area contributed by atoms with Gasteiger partial charge in [-0.3, -0.25) is 4.79 Å². The molecule has 0 saturated heterocycles. The van der Waals surface area contributed by atoms with Gasteiger partial charge in [-0.05, 0) is 43.8 Å². The van der Waals surface area contributed by atoms with E-state index in [0.717, 1.165) is 28.0 Å². The molecule has 0 aliphatic carbocycles. The molecule has 0 heterocycles. The van der Waals surface area contributed by atoms with Crippen LogP contribution < -0.4 is 0 Å². The summed E-state index contributed by atoms with van der Waals surface area (Å²) < 4.78 is 0. The van der Waals surface area contributed by atoms with Crippen molar-refractivity contribution in [2.75, 3.05) is 0 Å². The molecule has 0 saturated carbocycles. The second-order valence-electron chi connectivity index (χ2n) is 6.15. The van der Waals surface area contributed by atoms with E-state index in [1.165, 1.54) is 26.9 Å². The van der Waals surface area contributed by atoms with Crippen LogP contribution in [0.25, 0.3) is 43.1 Å². The molecule has 0 atom stereocenters. The number of aldehydes is 1. The van der Waals surface area contributed by atoms with Gasteiger partial charge in [0.2, 0.25) is 0 Å². The standard InChI is InChI=1S/C23H14O/c24-14-16-13-15-7-1-2-8-17(15)23-21-12-6-4-10-19(21)18-9-3-5-11-20(18)22(16)23/h1-14H. The molecule has 0 unspecified atom stereocenters. The lowest BCUT2D eigenvalue weighted by Gasteiger charge is -2.14. The van der Waals surface area contributed by atoms with Gasteiger partial charge in [-0.15, -0.1) is 0 Å². The predicted molar refractivity (Wildman–Crippen MR) is 102 cm³/mol. The summed E-state index contributed by atoms with van der Waals surface area (Å²) in [6, 6.07) is 27.1. The molecule has 0 fully saturated rings. The Bertz CT molecular complexity index is 1270. The molecule has 5 aromatic carbocycles. The van der Waals surface area contributed by atoms with Gasteiger partial charge in [-0.25, -0.2) is 0 Å². The van der Waals surface area contributed by atoms with Crippen molar-refractivity contribution in [2.24, 2.45) is 0 Å². The van der Waals surface area contributed by atoms with Gasteiger partial charge >= 0.3 is 0 Å². The Morgan fingerprint density at radius 1 is 0.542 bits per heavy atom. The molecular formula is C23H14O. The van der Waals surface area contributed by atoms with Crippen molar-refractivity contribution in [3.63, 3.8) is 0 Å². The number of benzene rings is 5. The maximum atomic E-state index is 11.8. The van der Waals surface area contributed by atoms with E-state index in [1.807, 2.05) is 18.2 Å². The summed E-state index contributed by atoms with van der Waals surface area (Å²) in [6.07, 6.45) is 0.982. The fourth-order valence-corrected chi connectivity index (χ4v) is 3.90. The van der Waals surface area contributed by atoms with Gasteiger partial charge in [0, 0.05) is 10.9 Å². The van der Waals surface area contributed by atoms with Crippen molar-refractivity contribution in [3.05, 3.63) is 84.4 Å². The van der Waals surface area contributed by atoms with Crippen LogP contribution >= 0.6 is 0 Å². The van der Waals surface area contributed by atoms with Crippen LogP contribution in [0.1, 0.15) is 10.4 Å². The molecule has 0 spiro atoms. The van der Waals surface area contributed by atoms with Crippen LogP contribution in [0.3, 0.4) is 0 Å². The quantitative estimate of drug-likeness (QED) is 0.270. The first-order chi connectivity index (χ1) is 11.9. The lowest BCUT2D eigenvalue weighted by molar-refractivity contribution is 0.112. The smallest absolute Gasteiger partial charge is 0.150 e. The molecule has 0 amide bonds. The summed E-state index contributed by atoms with van der Waals surface area (Å²) in [7, 11) is 0. The first kappa shape index (κ1) is 13.3. The summed E-state index contributed by atoms with van der Waals surface area (Å²) in [6.45, 7) is 0. The Labute approximate surface area is 139 Å². The van der Waals surface area contributed by atoms with Gasteiger partial charge in [0.15, 0.2) is 6.29 Å². The molecule has 5 aromatic rings. The average molecular weight is 306 g/mol. The lowest BCUT2D eigenvalue weighted by atomic mass is 9.89. The van der Waals surface area contributed by atoms with E-state index in [9.17, 15) is 4.79 Å². The molecule has 0 aliphatic rings. The maximum absolute atomic E-state index is 11.8. The zero-order chi connectivity index (χ0) is 16.1. The fraction of sp³-hybridized carbons (Fsp3) is 0. The molecule has 0 radical (unpaired) electrons. The molecule has 1 nitrogen and oxygen atoms in total. The molecule has 0 bridgehead atoms. The second-order valence-corrected chi connectivity index (χ2v) is 6.15. The van der Waals surface area contributed by atoms with Gasteiger partial charge in [0.05, 0.1) is 0 Å². The first-order valence-corrected chi connectivity index (χ1v) is 8.08. The third-order valence-electron chi connectivity index (χ3n) is 4.89. The minimum atomic E-state index is 0.755. The highest BCUT2D eigenvalue weighted by Crippen LogP contribution is 2.40. The van der Waals surface area contributed by atoms with Crippen molar-refractivity contribution in [2.45, 2.75) is 0 Å². The Morgan fingerprint density at radius 2 is 1.04 bits per heavy atom. The highest BCUT2D eigenvalue weighted by molar-refractivity contribution is 6.33. The molecule has 5 rings (SSSR count). The molecule has 1 heteroatoms. The number of hydrogen-bond acceptors (Lipinski definition) is 1. The highest BCUT2D eigenvalue weighted by atomic mass is 16.1. The minimum absolute atomic E-state index is 0.755. The zero-order valence-corrected chi connectivity index (χ0v) is 13.0. The highest BCUT2D eigenvalue weighted by Gasteiger charge is 2.14. The van der Waals surface area contributed by atoms with Gasteiger partial charge in [-0.2, -0.15) is 0 Å². The van der Waals surface area contributed by atoms with E-state index in [4.69, 9.17) is 0 Å². The monoisotopic (exact) mass is 306 g/mol. The SMILES string of the molecule is O=Cc1cc2ccccc2c2c3ccccc3c3ccccc3c12. The van der Waals surface area contributed by atoms with Crippen molar-refractivity contribution in [3.8, 4) is 0 Å². The lowest BCUT2D eigenvalue weighted by Crippen LogP contribution is -1.90. The van der Waals surface area contributed by atoms with Crippen molar-refractivity contribution in [1.29, 1.82) is 0 Å². The number of carbonyl (C=O) groups excluding carboxylic acids is 1. The minimum Gasteiger partial charge on any atom is -0.298 e. The number of rotatable bonds is 1. The Morgan fingerprint density at radius 3 is 1.67 bits per heavy atom. The number of fused-ring (bicyclic) bond motifs is 8. The van der Waals surface area contributed by atoms with Gasteiger partial charge in [-0.1, -0.05) is 72.8 Å². The van der Waals surface area contributed by atoms with E-state index in [2.05, 4.69) is 60.7 Å². The van der Waals surface area contributed by atoms with Gasteiger partial charge in [0.1, 0.15) is 0 Å². The average Bonchev–Trinajstić information content (AvgIpc) is 2.67. The van der Waals surface area contributed by atoms with Crippen LogP contribution in [0.4, 0.5) is 0 Å². The van der Waals surface area contributed by atoms with E-state index < -0.39 is 0 Å². The molecule has 112 valence electrons. The van der Waals surface area contributed by atoms with Crippen molar-refractivity contribution < 1.29 is 4.79 Å². The number of carbonyl (C=O) groups is 1. The molecule has 0 N–H and O–H groups in total. The van der Waals surface area contributed by atoms with Crippen LogP contribution in [0.15, 0.2) is 78.9 Å². The molecule has 0 aromatic heterocycles. The summed E-state index contributed by atoms with van der Waals surface area (Å²) in [5, 5.41) is 9.29. The summed E-state index contributed by atoms with van der Waals surface area (Å²) in [4.78, 5) is 11.8. The first-order valence-electron chi connectivity index (χ1n) is 8.08. The third-order valence-corrected chi connectivity index (χ3v) is 4.89. The van der Waals surface area contributed by atoms with E-state index in [1.54, 1.807) is 0 Å². The Balaban J connectivity index is 2.27. The summed E-state index contributed by atoms with van der Waals surface area (Å²) in [5.74, 6) is 0. The van der Waals surface area contributed by atoms with Crippen molar-refractivity contribution >= 4 is 49.4 Å². The molecule has 24 heavy (non-hydrogen) atoms. The van der Waals surface area contributed by atoms with Crippen LogP contribution in [0, 0.1) is 0 Å². The molecular weight excluding hydrogens is 292 g/mol. The maximum Gasteiger partial charge on any atom is 0.150 e. The summed E-state index contributed by atoms with van der Waals surface area (Å²) >= 11 is 0. The van der Waals surface area contributed by atoms with Gasteiger partial charge in [0.25, 0.3) is 0 Å². The predicted octanol–water partition coefficient (Wildman–Crippen LogP) is 6.11. The second kappa shape index (κ2) is 4.90.